The van der Waals surface area contributed by atoms with Gasteiger partial charge in [0.15, 0.2) is 0 Å². The summed E-state index contributed by atoms with van der Waals surface area (Å²) in [5.74, 6) is 0. The number of nitrogens with one attached hydrogen (secondary N) is 1. The van der Waals surface area contributed by atoms with Crippen LogP contribution in [0.3, 0.4) is 0 Å². The van der Waals surface area contributed by atoms with Crippen molar-refractivity contribution in [2.24, 2.45) is 0 Å². The first-order valence-corrected chi connectivity index (χ1v) is 4.29. The van der Waals surface area contributed by atoms with E-state index in [2.05, 4.69) is 43.4 Å². The Hall–Kier alpha value is -1.24. The summed E-state index contributed by atoms with van der Waals surface area (Å²) in [6.07, 6.45) is 4.34. The summed E-state index contributed by atoms with van der Waals surface area (Å²) in [5.41, 5.74) is 5.29. The molecule has 1 aromatic carbocycles. The lowest BCUT2D eigenvalue weighted by Gasteiger charge is -2.16. The molecule has 1 nitrogen and oxygen atoms in total. The maximum absolute atomic E-state index is 3.37. The topological polar surface area (TPSA) is 12.0 Å². The zero-order valence-corrected chi connectivity index (χ0v) is 7.52. The number of benzene rings is 1. The third kappa shape index (κ3) is 1.11. The van der Waals surface area contributed by atoms with Gasteiger partial charge in [-0.1, -0.05) is 23.8 Å². The van der Waals surface area contributed by atoms with E-state index in [1.165, 1.54) is 22.4 Å². The lowest BCUT2D eigenvalue weighted by Crippen LogP contribution is -2.06. The first kappa shape index (κ1) is 7.41. The highest BCUT2D eigenvalue weighted by Crippen LogP contribution is 2.25. The number of hydrogen-bond donors (Lipinski definition) is 1. The highest BCUT2D eigenvalue weighted by Gasteiger charge is 2.06. The van der Waals surface area contributed by atoms with Crippen molar-refractivity contribution in [3.8, 4) is 0 Å². The molecule has 0 bridgehead atoms. The SMILES string of the molecule is Cc1cc(C)c2c(c1)C=CCN2. The highest BCUT2D eigenvalue weighted by molar-refractivity contribution is 5.73. The summed E-state index contributed by atoms with van der Waals surface area (Å²) in [6, 6.07) is 4.43. The van der Waals surface area contributed by atoms with E-state index in [1.807, 2.05) is 0 Å². The molecule has 0 saturated carbocycles. The van der Waals surface area contributed by atoms with Crippen LogP contribution in [0.15, 0.2) is 18.2 Å². The van der Waals surface area contributed by atoms with Gasteiger partial charge >= 0.3 is 0 Å². The molecule has 0 amide bonds. The fraction of sp³-hybridized carbons (Fsp3) is 0.273. The molecule has 0 saturated heterocycles. The van der Waals surface area contributed by atoms with Crippen molar-refractivity contribution in [2.45, 2.75) is 13.8 Å². The Morgan fingerprint density at radius 2 is 2.08 bits per heavy atom. The van der Waals surface area contributed by atoms with E-state index in [-0.39, 0.29) is 0 Å². The fourth-order valence-electron chi connectivity index (χ4n) is 1.72. The van der Waals surface area contributed by atoms with Crippen LogP contribution in [-0.2, 0) is 0 Å². The van der Waals surface area contributed by atoms with E-state index in [4.69, 9.17) is 0 Å². The second-order valence-electron chi connectivity index (χ2n) is 3.33. The van der Waals surface area contributed by atoms with E-state index >= 15 is 0 Å². The molecule has 0 fully saturated rings. The van der Waals surface area contributed by atoms with E-state index in [0.29, 0.717) is 0 Å². The first-order valence-electron chi connectivity index (χ1n) is 4.29. The average Bonchev–Trinajstić information content (AvgIpc) is 2.04. The quantitative estimate of drug-likeness (QED) is 0.613. The average molecular weight is 159 g/mol. The van der Waals surface area contributed by atoms with Crippen LogP contribution in [0.1, 0.15) is 16.7 Å². The molecular weight excluding hydrogens is 146 g/mol. The molecule has 0 aromatic heterocycles. The van der Waals surface area contributed by atoms with Crippen molar-refractivity contribution >= 4 is 11.8 Å². The number of anilines is 1. The molecule has 0 atom stereocenters. The summed E-state index contributed by atoms with van der Waals surface area (Å²) in [4.78, 5) is 0. The Morgan fingerprint density at radius 1 is 1.25 bits per heavy atom. The Kier molecular flexibility index (Phi) is 1.65. The summed E-state index contributed by atoms with van der Waals surface area (Å²) < 4.78 is 0. The van der Waals surface area contributed by atoms with Gasteiger partial charge in [0.1, 0.15) is 0 Å². The first-order chi connectivity index (χ1) is 5.77. The second kappa shape index (κ2) is 2.67. The Bertz CT molecular complexity index is 337. The van der Waals surface area contributed by atoms with Gasteiger partial charge in [0, 0.05) is 12.2 Å². The predicted octanol–water partition coefficient (Wildman–Crippen LogP) is 2.74. The third-order valence-corrected chi connectivity index (χ3v) is 2.20. The molecule has 2 rings (SSSR count). The van der Waals surface area contributed by atoms with E-state index in [1.54, 1.807) is 0 Å². The highest BCUT2D eigenvalue weighted by atomic mass is 14.9. The maximum Gasteiger partial charge on any atom is 0.0446 e. The minimum Gasteiger partial charge on any atom is -0.381 e. The minimum absolute atomic E-state index is 0.955. The normalized spacial score (nSPS) is 13.8. The molecule has 1 heteroatoms. The van der Waals surface area contributed by atoms with Gasteiger partial charge in [0.2, 0.25) is 0 Å². The van der Waals surface area contributed by atoms with Crippen LogP contribution in [0.2, 0.25) is 0 Å². The van der Waals surface area contributed by atoms with Gasteiger partial charge in [-0.25, -0.2) is 0 Å². The van der Waals surface area contributed by atoms with Gasteiger partial charge in [-0.3, -0.25) is 0 Å². The summed E-state index contributed by atoms with van der Waals surface area (Å²) in [6.45, 7) is 5.24. The molecule has 12 heavy (non-hydrogen) atoms. The molecule has 0 unspecified atom stereocenters. The molecule has 62 valence electrons. The summed E-state index contributed by atoms with van der Waals surface area (Å²) >= 11 is 0. The molecule has 0 spiro atoms. The number of fused-ring (bicyclic) bond motifs is 1. The number of rotatable bonds is 0. The van der Waals surface area contributed by atoms with Crippen molar-refractivity contribution in [1.82, 2.24) is 0 Å². The van der Waals surface area contributed by atoms with Gasteiger partial charge in [-0.2, -0.15) is 0 Å². The maximum atomic E-state index is 3.37. The second-order valence-corrected chi connectivity index (χ2v) is 3.33. The lowest BCUT2D eigenvalue weighted by atomic mass is 10.0. The van der Waals surface area contributed by atoms with Gasteiger partial charge in [-0.05, 0) is 31.0 Å². The smallest absolute Gasteiger partial charge is 0.0446 e. The van der Waals surface area contributed by atoms with Crippen LogP contribution in [0.5, 0.6) is 0 Å². The molecule has 1 aliphatic heterocycles. The molecule has 1 aliphatic rings. The van der Waals surface area contributed by atoms with E-state index < -0.39 is 0 Å². The van der Waals surface area contributed by atoms with Crippen molar-refractivity contribution < 1.29 is 0 Å². The van der Waals surface area contributed by atoms with Gasteiger partial charge in [0.25, 0.3) is 0 Å². The van der Waals surface area contributed by atoms with Crippen LogP contribution in [0.25, 0.3) is 6.08 Å². The van der Waals surface area contributed by atoms with Crippen LogP contribution < -0.4 is 5.32 Å². The van der Waals surface area contributed by atoms with Gasteiger partial charge in [0.05, 0.1) is 0 Å². The Labute approximate surface area is 73.1 Å². The third-order valence-electron chi connectivity index (χ3n) is 2.20. The van der Waals surface area contributed by atoms with Gasteiger partial charge in [-0.15, -0.1) is 0 Å². The molecule has 0 aliphatic carbocycles. The molecule has 1 N–H and O–H groups in total. The fourth-order valence-corrected chi connectivity index (χ4v) is 1.72. The van der Waals surface area contributed by atoms with E-state index in [0.717, 1.165) is 6.54 Å². The molecule has 0 radical (unpaired) electrons. The summed E-state index contributed by atoms with van der Waals surface area (Å²) in [5, 5.41) is 3.37. The standard InChI is InChI=1S/C11H13N/c1-8-6-9(2)11-10(7-8)4-3-5-12-11/h3-4,6-7,12H,5H2,1-2H3. The monoisotopic (exact) mass is 159 g/mol. The zero-order valence-electron chi connectivity index (χ0n) is 7.52. The molecule has 1 aromatic rings. The molecule has 1 heterocycles. The van der Waals surface area contributed by atoms with Crippen LogP contribution in [0.4, 0.5) is 5.69 Å². The van der Waals surface area contributed by atoms with Crippen molar-refractivity contribution in [3.63, 3.8) is 0 Å². The number of hydrogen-bond acceptors (Lipinski definition) is 1. The van der Waals surface area contributed by atoms with Crippen molar-refractivity contribution in [2.75, 3.05) is 11.9 Å². The van der Waals surface area contributed by atoms with Crippen molar-refractivity contribution in [3.05, 3.63) is 34.9 Å². The summed E-state index contributed by atoms with van der Waals surface area (Å²) in [7, 11) is 0. The Morgan fingerprint density at radius 3 is 2.92 bits per heavy atom. The molecular formula is C11H13N. The minimum atomic E-state index is 0.955. The van der Waals surface area contributed by atoms with Crippen LogP contribution in [-0.4, -0.2) is 6.54 Å². The predicted molar refractivity (Wildman–Crippen MR) is 53.4 cm³/mol. The van der Waals surface area contributed by atoms with E-state index in [9.17, 15) is 0 Å². The van der Waals surface area contributed by atoms with Gasteiger partial charge < -0.3 is 5.32 Å². The number of aryl methyl sites for hydroxylation is 2. The van der Waals surface area contributed by atoms with Crippen LogP contribution >= 0.6 is 0 Å². The lowest BCUT2D eigenvalue weighted by molar-refractivity contribution is 1.26. The van der Waals surface area contributed by atoms with Crippen LogP contribution in [0, 0.1) is 13.8 Å². The largest absolute Gasteiger partial charge is 0.381 e. The zero-order chi connectivity index (χ0) is 8.55. The Balaban J connectivity index is 2.62. The van der Waals surface area contributed by atoms with Crippen molar-refractivity contribution in [1.29, 1.82) is 0 Å².